The number of nitrogens with one attached hydrogen (secondary N) is 1. The fraction of sp³-hybridized carbons (Fsp3) is 0.136. The van der Waals surface area contributed by atoms with Gasteiger partial charge in [0.25, 0.3) is 10.0 Å². The van der Waals surface area contributed by atoms with Gasteiger partial charge in [0.15, 0.2) is 5.65 Å². The summed E-state index contributed by atoms with van der Waals surface area (Å²) in [6.45, 7) is 3.69. The first-order valence-electron chi connectivity index (χ1n) is 10.0. The predicted octanol–water partition coefficient (Wildman–Crippen LogP) is 3.24. The molecule has 2 aromatic heterocycles. The molecule has 0 amide bonds. The van der Waals surface area contributed by atoms with Gasteiger partial charge in [-0.15, -0.1) is 0 Å². The number of fused-ring (bicyclic) bond motifs is 1. The SMILES string of the molecule is C=CS(=O)(=O)N(CCn1nc(-c2ccc(F)c(NC)c2)c2c(N)ncnc21)c1ccccc1. The molecular weight excluding hydrogens is 445 g/mol. The van der Waals surface area contributed by atoms with E-state index in [-0.39, 0.29) is 18.9 Å². The van der Waals surface area contributed by atoms with E-state index in [1.807, 2.05) is 0 Å². The van der Waals surface area contributed by atoms with Gasteiger partial charge in [-0.1, -0.05) is 24.8 Å². The van der Waals surface area contributed by atoms with Crippen molar-refractivity contribution < 1.29 is 12.8 Å². The van der Waals surface area contributed by atoms with Crippen LogP contribution in [0.3, 0.4) is 0 Å². The average Bonchev–Trinajstić information content (AvgIpc) is 3.20. The van der Waals surface area contributed by atoms with Crippen molar-refractivity contribution in [3.8, 4) is 11.3 Å². The topological polar surface area (TPSA) is 119 Å². The quantitative estimate of drug-likeness (QED) is 0.408. The standard InChI is InChI=1S/C22H22FN7O2S/c1-3-33(31,32)30(16-7-5-4-6-8-16)12-11-29-22-19(21(24)26-14-27-22)20(28-29)15-9-10-17(23)18(13-15)25-2/h3-10,13-14,25H,1,11-12H2,2H3,(H2,24,26,27). The van der Waals surface area contributed by atoms with Crippen molar-refractivity contribution in [2.75, 3.05) is 28.9 Å². The smallest absolute Gasteiger partial charge is 0.256 e. The number of hydrogen-bond donors (Lipinski definition) is 2. The average molecular weight is 468 g/mol. The number of halogens is 1. The van der Waals surface area contributed by atoms with Crippen molar-refractivity contribution >= 4 is 38.2 Å². The Morgan fingerprint density at radius 3 is 2.67 bits per heavy atom. The van der Waals surface area contributed by atoms with Crippen LogP contribution in [0.25, 0.3) is 22.3 Å². The molecule has 4 aromatic rings. The summed E-state index contributed by atoms with van der Waals surface area (Å²) >= 11 is 0. The zero-order valence-electron chi connectivity index (χ0n) is 17.8. The zero-order valence-corrected chi connectivity index (χ0v) is 18.6. The van der Waals surface area contributed by atoms with Crippen molar-refractivity contribution in [2.24, 2.45) is 0 Å². The molecule has 0 saturated carbocycles. The third-order valence-electron chi connectivity index (χ3n) is 5.14. The Labute approximate surface area is 190 Å². The summed E-state index contributed by atoms with van der Waals surface area (Å²) in [5, 5.41) is 8.85. The molecule has 0 aliphatic heterocycles. The minimum atomic E-state index is -3.76. The minimum absolute atomic E-state index is 0.0731. The maximum atomic E-state index is 14.0. The number of sulfonamides is 1. The lowest BCUT2D eigenvalue weighted by Gasteiger charge is -2.22. The van der Waals surface area contributed by atoms with Gasteiger partial charge < -0.3 is 11.1 Å². The summed E-state index contributed by atoms with van der Waals surface area (Å²) in [5.74, 6) is -0.183. The van der Waals surface area contributed by atoms with Crippen LogP contribution in [-0.4, -0.2) is 41.8 Å². The lowest BCUT2D eigenvalue weighted by molar-refractivity contribution is 0.588. The molecule has 9 nitrogen and oxygen atoms in total. The maximum absolute atomic E-state index is 14.0. The van der Waals surface area contributed by atoms with Gasteiger partial charge in [0.2, 0.25) is 0 Å². The fourth-order valence-corrected chi connectivity index (χ4v) is 4.46. The predicted molar refractivity (Wildman–Crippen MR) is 128 cm³/mol. The highest BCUT2D eigenvalue weighted by Crippen LogP contribution is 2.32. The van der Waals surface area contributed by atoms with Crippen molar-refractivity contribution in [1.82, 2.24) is 19.7 Å². The minimum Gasteiger partial charge on any atom is -0.386 e. The summed E-state index contributed by atoms with van der Waals surface area (Å²) in [6, 6.07) is 13.3. The number of benzene rings is 2. The van der Waals surface area contributed by atoms with E-state index in [1.165, 1.54) is 16.7 Å². The first-order valence-corrected chi connectivity index (χ1v) is 11.5. The highest BCUT2D eigenvalue weighted by molar-refractivity contribution is 7.95. The van der Waals surface area contributed by atoms with Crippen LogP contribution in [0.2, 0.25) is 0 Å². The molecule has 0 atom stereocenters. The summed E-state index contributed by atoms with van der Waals surface area (Å²) in [5.41, 5.74) is 8.46. The van der Waals surface area contributed by atoms with E-state index < -0.39 is 15.8 Å². The van der Waals surface area contributed by atoms with Crippen LogP contribution in [0.1, 0.15) is 0 Å². The van der Waals surface area contributed by atoms with E-state index >= 15 is 0 Å². The normalized spacial score (nSPS) is 11.5. The number of nitrogens with zero attached hydrogens (tertiary/aromatic N) is 5. The molecule has 0 aliphatic rings. The van der Waals surface area contributed by atoms with Crippen LogP contribution < -0.4 is 15.4 Å². The van der Waals surface area contributed by atoms with Gasteiger partial charge >= 0.3 is 0 Å². The van der Waals surface area contributed by atoms with E-state index in [0.717, 1.165) is 5.41 Å². The lowest BCUT2D eigenvalue weighted by Crippen LogP contribution is -2.32. The Hall–Kier alpha value is -3.99. The molecule has 2 aromatic carbocycles. The van der Waals surface area contributed by atoms with E-state index in [1.54, 1.807) is 54.2 Å². The highest BCUT2D eigenvalue weighted by Gasteiger charge is 2.22. The van der Waals surface area contributed by atoms with E-state index in [4.69, 9.17) is 5.73 Å². The Morgan fingerprint density at radius 1 is 1.21 bits per heavy atom. The van der Waals surface area contributed by atoms with E-state index in [2.05, 4.69) is 27.0 Å². The number of para-hydroxylation sites is 1. The van der Waals surface area contributed by atoms with Gasteiger partial charge in [0, 0.05) is 18.0 Å². The van der Waals surface area contributed by atoms with E-state index in [9.17, 15) is 12.8 Å². The Morgan fingerprint density at radius 2 is 1.97 bits per heavy atom. The monoisotopic (exact) mass is 467 g/mol. The number of hydrogen-bond acceptors (Lipinski definition) is 7. The molecule has 0 bridgehead atoms. The van der Waals surface area contributed by atoms with Gasteiger partial charge in [0.05, 0.1) is 29.9 Å². The maximum Gasteiger partial charge on any atom is 0.256 e. The van der Waals surface area contributed by atoms with Crippen LogP contribution >= 0.6 is 0 Å². The summed E-state index contributed by atoms with van der Waals surface area (Å²) in [4.78, 5) is 8.38. The zero-order chi connectivity index (χ0) is 23.6. The molecule has 0 unspecified atom stereocenters. The van der Waals surface area contributed by atoms with Gasteiger partial charge in [-0.25, -0.2) is 27.5 Å². The molecular formula is C22H22FN7O2S. The molecule has 33 heavy (non-hydrogen) atoms. The fourth-order valence-electron chi connectivity index (χ4n) is 3.53. The van der Waals surface area contributed by atoms with Crippen LogP contribution in [-0.2, 0) is 16.6 Å². The third kappa shape index (κ3) is 4.22. The Kier molecular flexibility index (Phi) is 5.97. The first-order chi connectivity index (χ1) is 15.9. The van der Waals surface area contributed by atoms with Crippen LogP contribution in [0.15, 0.2) is 66.8 Å². The molecule has 4 rings (SSSR count). The van der Waals surface area contributed by atoms with Crippen LogP contribution in [0, 0.1) is 5.82 Å². The molecule has 170 valence electrons. The summed E-state index contributed by atoms with van der Waals surface area (Å²) in [7, 11) is -2.14. The van der Waals surface area contributed by atoms with Gasteiger partial charge in [-0.3, -0.25) is 4.31 Å². The number of nitrogens with two attached hydrogens (primary N) is 1. The number of aromatic nitrogens is 4. The first kappa shape index (κ1) is 22.2. The van der Waals surface area contributed by atoms with Gasteiger partial charge in [0.1, 0.15) is 23.7 Å². The number of anilines is 3. The van der Waals surface area contributed by atoms with Crippen LogP contribution in [0.5, 0.6) is 0 Å². The molecule has 0 fully saturated rings. The summed E-state index contributed by atoms with van der Waals surface area (Å²) in [6.07, 6.45) is 1.32. The van der Waals surface area contributed by atoms with Crippen molar-refractivity contribution in [3.63, 3.8) is 0 Å². The molecule has 2 heterocycles. The Bertz CT molecular complexity index is 1420. The number of nitrogen functional groups attached to an aromatic ring is 1. The molecule has 0 spiro atoms. The molecule has 0 aliphatic carbocycles. The largest absolute Gasteiger partial charge is 0.386 e. The molecule has 0 saturated heterocycles. The molecule has 11 heteroatoms. The second-order valence-corrected chi connectivity index (χ2v) is 8.90. The second kappa shape index (κ2) is 8.87. The molecule has 3 N–H and O–H groups in total. The van der Waals surface area contributed by atoms with Crippen molar-refractivity contribution in [2.45, 2.75) is 6.54 Å². The highest BCUT2D eigenvalue weighted by atomic mass is 32.2. The second-order valence-electron chi connectivity index (χ2n) is 7.09. The van der Waals surface area contributed by atoms with Gasteiger partial charge in [-0.05, 0) is 30.3 Å². The Balaban J connectivity index is 1.78. The summed E-state index contributed by atoms with van der Waals surface area (Å²) < 4.78 is 42.1. The van der Waals surface area contributed by atoms with Crippen LogP contribution in [0.4, 0.5) is 21.6 Å². The van der Waals surface area contributed by atoms with Crippen molar-refractivity contribution in [1.29, 1.82) is 0 Å². The number of rotatable bonds is 8. The van der Waals surface area contributed by atoms with E-state index in [0.29, 0.717) is 33.7 Å². The third-order valence-corrected chi connectivity index (χ3v) is 6.57. The van der Waals surface area contributed by atoms with Gasteiger partial charge in [-0.2, -0.15) is 5.10 Å². The molecule has 0 radical (unpaired) electrons. The van der Waals surface area contributed by atoms with Crippen molar-refractivity contribution in [3.05, 3.63) is 72.7 Å². The lowest BCUT2D eigenvalue weighted by atomic mass is 10.1.